The lowest BCUT2D eigenvalue weighted by atomic mass is 9.93. The number of alkyl halides is 3. The number of fused-ring (bicyclic) bond motifs is 1. The van der Waals surface area contributed by atoms with E-state index in [-0.39, 0.29) is 5.56 Å². The van der Waals surface area contributed by atoms with Crippen LogP contribution in [0.4, 0.5) is 23.2 Å². The number of halogens is 4. The highest BCUT2D eigenvalue weighted by Crippen LogP contribution is 2.41. The van der Waals surface area contributed by atoms with E-state index in [1.807, 2.05) is 0 Å². The van der Waals surface area contributed by atoms with Crippen LogP contribution in [0.25, 0.3) is 0 Å². The van der Waals surface area contributed by atoms with Crippen molar-refractivity contribution in [3.05, 3.63) is 29.1 Å². The maximum atomic E-state index is 13.2. The highest BCUT2D eigenvalue weighted by Gasteiger charge is 2.40. The van der Waals surface area contributed by atoms with Gasteiger partial charge in [-0.15, -0.1) is 0 Å². The number of hydrogen-bond donors (Lipinski definition) is 0. The van der Waals surface area contributed by atoms with Crippen molar-refractivity contribution in [3.63, 3.8) is 0 Å². The first-order valence-electron chi connectivity index (χ1n) is 4.80. The van der Waals surface area contributed by atoms with E-state index in [0.717, 1.165) is 12.3 Å². The summed E-state index contributed by atoms with van der Waals surface area (Å²) in [5.74, 6) is -2.50. The van der Waals surface area contributed by atoms with E-state index in [0.29, 0.717) is 6.07 Å². The first-order valence-corrected chi connectivity index (χ1v) is 4.80. The lowest BCUT2D eigenvalue weighted by Gasteiger charge is -2.18. The standard InChI is InChI=1S/C11H7F4NO/c1-5-4-16-9-6(10(5)17)2-3-7(12)8(9)11(13,14)15/h2-5H,1H3. The quantitative estimate of drug-likeness (QED) is 0.644. The Kier molecular flexibility index (Phi) is 2.52. The zero-order valence-corrected chi connectivity index (χ0v) is 8.68. The van der Waals surface area contributed by atoms with E-state index < -0.39 is 34.9 Å². The van der Waals surface area contributed by atoms with E-state index in [2.05, 4.69) is 4.99 Å². The first kappa shape index (κ1) is 11.8. The Morgan fingerprint density at radius 2 is 1.94 bits per heavy atom. The van der Waals surface area contributed by atoms with E-state index in [1.54, 1.807) is 0 Å². The smallest absolute Gasteiger partial charge is 0.293 e. The Hall–Kier alpha value is -1.72. The minimum absolute atomic E-state index is 0.186. The Labute approximate surface area is 94.0 Å². The number of hydrogen-bond acceptors (Lipinski definition) is 2. The second-order valence-corrected chi connectivity index (χ2v) is 3.75. The second kappa shape index (κ2) is 3.65. The summed E-state index contributed by atoms with van der Waals surface area (Å²) in [6.45, 7) is 1.52. The number of carbonyl (C=O) groups is 1. The largest absolute Gasteiger partial charge is 0.421 e. The van der Waals surface area contributed by atoms with Gasteiger partial charge in [-0.05, 0) is 12.1 Å². The number of rotatable bonds is 0. The fourth-order valence-electron chi connectivity index (χ4n) is 1.67. The summed E-state index contributed by atoms with van der Waals surface area (Å²) in [4.78, 5) is 15.2. The predicted octanol–water partition coefficient (Wildman–Crippen LogP) is 3.38. The lowest BCUT2D eigenvalue weighted by molar-refractivity contribution is -0.139. The SMILES string of the molecule is CC1C=Nc2c(ccc(F)c2C(F)(F)F)C1=O. The normalized spacial score (nSPS) is 19.4. The zero-order chi connectivity index (χ0) is 12.8. The molecule has 0 saturated heterocycles. The summed E-state index contributed by atoms with van der Waals surface area (Å²) < 4.78 is 51.1. The van der Waals surface area contributed by atoms with Gasteiger partial charge in [0.15, 0.2) is 5.78 Å². The molecule has 0 fully saturated rings. The Bertz CT molecular complexity index is 519. The summed E-state index contributed by atoms with van der Waals surface area (Å²) >= 11 is 0. The minimum atomic E-state index is -4.87. The Morgan fingerprint density at radius 1 is 1.29 bits per heavy atom. The molecule has 1 aromatic carbocycles. The van der Waals surface area contributed by atoms with Gasteiger partial charge in [0.05, 0.1) is 11.6 Å². The third kappa shape index (κ3) is 1.83. The summed E-state index contributed by atoms with van der Waals surface area (Å²) in [5.41, 5.74) is -2.29. The molecule has 1 aliphatic heterocycles. The first-order chi connectivity index (χ1) is 7.82. The lowest BCUT2D eigenvalue weighted by Crippen LogP contribution is -2.19. The van der Waals surface area contributed by atoms with Crippen molar-refractivity contribution in [1.29, 1.82) is 0 Å². The molecule has 0 N–H and O–H groups in total. The van der Waals surface area contributed by atoms with Gasteiger partial charge in [-0.25, -0.2) is 4.39 Å². The molecule has 17 heavy (non-hydrogen) atoms. The molecule has 0 aromatic heterocycles. The van der Waals surface area contributed by atoms with Crippen molar-refractivity contribution >= 4 is 17.7 Å². The summed E-state index contributed by atoms with van der Waals surface area (Å²) in [5, 5.41) is 0. The topological polar surface area (TPSA) is 29.4 Å². The van der Waals surface area contributed by atoms with Gasteiger partial charge >= 0.3 is 6.18 Å². The van der Waals surface area contributed by atoms with Gasteiger partial charge in [-0.2, -0.15) is 13.2 Å². The number of nitrogens with zero attached hydrogens (tertiary/aromatic N) is 1. The molecule has 90 valence electrons. The monoisotopic (exact) mass is 245 g/mol. The molecule has 1 atom stereocenters. The molecule has 2 nitrogen and oxygen atoms in total. The van der Waals surface area contributed by atoms with Gasteiger partial charge < -0.3 is 0 Å². The van der Waals surface area contributed by atoms with Gasteiger partial charge in [0, 0.05) is 11.8 Å². The summed E-state index contributed by atoms with van der Waals surface area (Å²) in [7, 11) is 0. The van der Waals surface area contributed by atoms with Gasteiger partial charge in [0.1, 0.15) is 11.4 Å². The third-order valence-corrected chi connectivity index (χ3v) is 2.52. The second-order valence-electron chi connectivity index (χ2n) is 3.75. The Morgan fingerprint density at radius 3 is 2.53 bits per heavy atom. The number of carbonyl (C=O) groups excluding carboxylic acids is 1. The van der Waals surface area contributed by atoms with Crippen LogP contribution in [0.3, 0.4) is 0 Å². The minimum Gasteiger partial charge on any atom is -0.293 e. The highest BCUT2D eigenvalue weighted by atomic mass is 19.4. The molecule has 2 rings (SSSR count). The molecule has 0 bridgehead atoms. The van der Waals surface area contributed by atoms with Gasteiger partial charge in [-0.1, -0.05) is 6.92 Å². The van der Waals surface area contributed by atoms with Crippen LogP contribution >= 0.6 is 0 Å². The third-order valence-electron chi connectivity index (χ3n) is 2.52. The maximum Gasteiger partial charge on any atom is 0.421 e. The number of aliphatic imine (C=N–C) groups is 1. The molecule has 0 saturated carbocycles. The van der Waals surface area contributed by atoms with Crippen LogP contribution in [0, 0.1) is 11.7 Å². The predicted molar refractivity (Wildman–Crippen MR) is 53.0 cm³/mol. The van der Waals surface area contributed by atoms with Gasteiger partial charge in [0.2, 0.25) is 0 Å². The molecule has 0 aliphatic carbocycles. The number of benzene rings is 1. The molecule has 1 unspecified atom stereocenters. The fraction of sp³-hybridized carbons (Fsp3) is 0.273. The van der Waals surface area contributed by atoms with Crippen LogP contribution < -0.4 is 0 Å². The van der Waals surface area contributed by atoms with Crippen LogP contribution in [0.15, 0.2) is 17.1 Å². The molecular weight excluding hydrogens is 238 g/mol. The van der Waals surface area contributed by atoms with Crippen molar-refractivity contribution in [2.75, 3.05) is 0 Å². The molecule has 0 radical (unpaired) electrons. The van der Waals surface area contributed by atoms with Crippen LogP contribution in [-0.2, 0) is 6.18 Å². The van der Waals surface area contributed by atoms with Crippen molar-refractivity contribution in [2.45, 2.75) is 13.1 Å². The number of ketones is 1. The van der Waals surface area contributed by atoms with E-state index in [9.17, 15) is 22.4 Å². The Balaban J connectivity index is 2.74. The van der Waals surface area contributed by atoms with Crippen molar-refractivity contribution in [1.82, 2.24) is 0 Å². The van der Waals surface area contributed by atoms with Crippen LogP contribution in [0.5, 0.6) is 0 Å². The van der Waals surface area contributed by atoms with Crippen LogP contribution in [-0.4, -0.2) is 12.0 Å². The van der Waals surface area contributed by atoms with E-state index in [4.69, 9.17) is 0 Å². The zero-order valence-electron chi connectivity index (χ0n) is 8.68. The number of Topliss-reactive ketones (excluding diaryl/α,β-unsaturated/α-hetero) is 1. The average Bonchev–Trinajstić information content (AvgIpc) is 2.21. The fourth-order valence-corrected chi connectivity index (χ4v) is 1.67. The maximum absolute atomic E-state index is 13.2. The van der Waals surface area contributed by atoms with Crippen LogP contribution in [0.1, 0.15) is 22.8 Å². The summed E-state index contributed by atoms with van der Waals surface area (Å²) in [6.07, 6.45) is -3.77. The average molecular weight is 245 g/mol. The summed E-state index contributed by atoms with van der Waals surface area (Å²) in [6, 6.07) is 1.68. The molecule has 6 heteroatoms. The van der Waals surface area contributed by atoms with E-state index >= 15 is 0 Å². The molecule has 1 aliphatic rings. The molecule has 0 spiro atoms. The molecule has 0 amide bonds. The van der Waals surface area contributed by atoms with Gasteiger partial charge in [-0.3, -0.25) is 9.79 Å². The van der Waals surface area contributed by atoms with Crippen molar-refractivity contribution in [2.24, 2.45) is 10.9 Å². The molecule has 1 aromatic rings. The van der Waals surface area contributed by atoms with E-state index in [1.165, 1.54) is 6.92 Å². The molecular formula is C11H7F4NO. The van der Waals surface area contributed by atoms with Crippen molar-refractivity contribution < 1.29 is 22.4 Å². The van der Waals surface area contributed by atoms with Crippen LogP contribution in [0.2, 0.25) is 0 Å². The van der Waals surface area contributed by atoms with Gasteiger partial charge in [0.25, 0.3) is 0 Å². The highest BCUT2D eigenvalue weighted by molar-refractivity contribution is 6.12. The molecule has 1 heterocycles. The van der Waals surface area contributed by atoms with Crippen molar-refractivity contribution in [3.8, 4) is 0 Å².